The molecular weight excluding hydrogens is 232 g/mol. The molecule has 98 valence electrons. The molecule has 2 N–H and O–H groups in total. The van der Waals surface area contributed by atoms with Crippen LogP contribution in [0.25, 0.3) is 0 Å². The Kier molecular flexibility index (Phi) is 3.54. The van der Waals surface area contributed by atoms with Crippen LogP contribution in [0.3, 0.4) is 0 Å². The molecule has 18 heavy (non-hydrogen) atoms. The Labute approximate surface area is 107 Å². The molecule has 2 rings (SSSR count). The lowest BCUT2D eigenvalue weighted by Gasteiger charge is -2.26. The van der Waals surface area contributed by atoms with Gasteiger partial charge in [0.2, 0.25) is 0 Å². The zero-order valence-corrected chi connectivity index (χ0v) is 10.9. The predicted molar refractivity (Wildman–Crippen MR) is 68.6 cm³/mol. The van der Waals surface area contributed by atoms with Crippen LogP contribution >= 0.6 is 0 Å². The van der Waals surface area contributed by atoms with Gasteiger partial charge in [0, 0.05) is 24.3 Å². The lowest BCUT2D eigenvalue weighted by molar-refractivity contribution is -0.234. The molecule has 1 heterocycles. The largest absolute Gasteiger partial charge is 0.497 e. The first-order valence-corrected chi connectivity index (χ1v) is 5.99. The highest BCUT2D eigenvalue weighted by molar-refractivity contribution is 6.01. The number of nitrogens with two attached hydrogens (primary N) is 1. The van der Waals surface area contributed by atoms with E-state index in [1.54, 1.807) is 7.11 Å². The molecule has 0 atom stereocenters. The lowest BCUT2D eigenvalue weighted by Crippen LogP contribution is -2.29. The summed E-state index contributed by atoms with van der Waals surface area (Å²) in [5, 5.41) is 0. The second-order valence-corrected chi connectivity index (χ2v) is 3.86. The molecule has 0 aromatic heterocycles. The average molecular weight is 250 g/mol. The Morgan fingerprint density at radius 2 is 1.89 bits per heavy atom. The highest BCUT2D eigenvalue weighted by Crippen LogP contribution is 2.38. The molecule has 0 radical (unpaired) electrons. The van der Waals surface area contributed by atoms with Crippen molar-refractivity contribution < 1.29 is 14.2 Å². The van der Waals surface area contributed by atoms with Gasteiger partial charge in [-0.3, -0.25) is 0 Å². The van der Waals surface area contributed by atoms with Crippen LogP contribution < -0.4 is 10.5 Å². The van der Waals surface area contributed by atoms with E-state index < -0.39 is 5.91 Å². The van der Waals surface area contributed by atoms with Crippen molar-refractivity contribution in [3.8, 4) is 5.75 Å². The Morgan fingerprint density at radius 3 is 2.44 bits per heavy atom. The number of hydrogen-bond donors (Lipinski definition) is 1. The van der Waals surface area contributed by atoms with Gasteiger partial charge in [0.15, 0.2) is 0 Å². The van der Waals surface area contributed by atoms with Gasteiger partial charge in [-0.1, -0.05) is 0 Å². The number of benzene rings is 1. The van der Waals surface area contributed by atoms with Gasteiger partial charge in [-0.25, -0.2) is 4.99 Å². The Morgan fingerprint density at radius 1 is 1.22 bits per heavy atom. The fourth-order valence-electron chi connectivity index (χ4n) is 2.07. The highest BCUT2D eigenvalue weighted by atomic mass is 16.7. The molecule has 1 aliphatic rings. The Hall–Kier alpha value is -1.59. The van der Waals surface area contributed by atoms with Crippen molar-refractivity contribution in [1.82, 2.24) is 0 Å². The summed E-state index contributed by atoms with van der Waals surface area (Å²) in [6.07, 6.45) is 0. The van der Waals surface area contributed by atoms with Gasteiger partial charge in [0.1, 0.15) is 11.6 Å². The summed E-state index contributed by atoms with van der Waals surface area (Å²) in [5.41, 5.74) is 7.57. The molecule has 0 unspecified atom stereocenters. The molecule has 5 heteroatoms. The van der Waals surface area contributed by atoms with Gasteiger partial charge in [0.25, 0.3) is 0 Å². The third-order valence-corrected chi connectivity index (χ3v) is 2.79. The number of hydrogen-bond acceptors (Lipinski definition) is 5. The zero-order chi connectivity index (χ0) is 13.2. The topological polar surface area (TPSA) is 66.1 Å². The van der Waals surface area contributed by atoms with Gasteiger partial charge in [-0.2, -0.15) is 0 Å². The first kappa shape index (κ1) is 12.9. The van der Waals surface area contributed by atoms with Crippen LogP contribution in [0.2, 0.25) is 0 Å². The summed E-state index contributed by atoms with van der Waals surface area (Å²) >= 11 is 0. The number of ether oxygens (including phenoxy) is 3. The van der Waals surface area contributed by atoms with E-state index in [0.717, 1.165) is 16.9 Å². The number of methoxy groups -OCH3 is 1. The van der Waals surface area contributed by atoms with Crippen molar-refractivity contribution in [3.63, 3.8) is 0 Å². The van der Waals surface area contributed by atoms with E-state index in [1.807, 2.05) is 32.0 Å². The molecule has 0 amide bonds. The van der Waals surface area contributed by atoms with E-state index in [0.29, 0.717) is 19.0 Å². The Bertz CT molecular complexity index is 465. The minimum atomic E-state index is -1.10. The average Bonchev–Trinajstić information content (AvgIpc) is 2.63. The first-order chi connectivity index (χ1) is 8.66. The molecule has 0 spiro atoms. The quantitative estimate of drug-likeness (QED) is 0.806. The number of fused-ring (bicyclic) bond motifs is 1. The van der Waals surface area contributed by atoms with E-state index >= 15 is 0 Å². The maximum atomic E-state index is 5.94. The standard InChI is InChI=1S/C13H18N2O3/c1-4-17-13(18-5-2)11-7-6-9(16-3)8-10(11)12(14)15-13/h6-8H,4-5H2,1-3H3,(H2,14,15). The maximum absolute atomic E-state index is 5.94. The maximum Gasteiger partial charge on any atom is 0.300 e. The third kappa shape index (κ3) is 1.95. The second-order valence-electron chi connectivity index (χ2n) is 3.86. The van der Waals surface area contributed by atoms with Crippen molar-refractivity contribution in [2.75, 3.05) is 20.3 Å². The smallest absolute Gasteiger partial charge is 0.300 e. The van der Waals surface area contributed by atoms with Crippen LogP contribution in [0.4, 0.5) is 0 Å². The minimum Gasteiger partial charge on any atom is -0.497 e. The van der Waals surface area contributed by atoms with Crippen LogP contribution in [0.5, 0.6) is 5.75 Å². The zero-order valence-electron chi connectivity index (χ0n) is 10.9. The number of nitrogens with zero attached hydrogens (tertiary/aromatic N) is 1. The fourth-order valence-corrected chi connectivity index (χ4v) is 2.07. The van der Waals surface area contributed by atoms with Gasteiger partial charge >= 0.3 is 5.91 Å². The highest BCUT2D eigenvalue weighted by Gasteiger charge is 2.41. The summed E-state index contributed by atoms with van der Waals surface area (Å²) in [4.78, 5) is 4.34. The second kappa shape index (κ2) is 4.96. The van der Waals surface area contributed by atoms with Crippen molar-refractivity contribution in [2.24, 2.45) is 10.7 Å². The van der Waals surface area contributed by atoms with Crippen LogP contribution in [0.1, 0.15) is 25.0 Å². The van der Waals surface area contributed by atoms with Crippen molar-refractivity contribution in [1.29, 1.82) is 0 Å². The van der Waals surface area contributed by atoms with Crippen LogP contribution in [0, 0.1) is 0 Å². The summed E-state index contributed by atoms with van der Waals surface area (Å²) in [6, 6.07) is 5.57. The summed E-state index contributed by atoms with van der Waals surface area (Å²) in [7, 11) is 1.61. The van der Waals surface area contributed by atoms with Gasteiger partial charge in [0.05, 0.1) is 7.11 Å². The molecule has 0 saturated carbocycles. The molecule has 5 nitrogen and oxygen atoms in total. The predicted octanol–water partition coefficient (Wildman–Crippen LogP) is 1.60. The molecule has 1 aliphatic heterocycles. The molecule has 0 bridgehead atoms. The van der Waals surface area contributed by atoms with Crippen molar-refractivity contribution in [2.45, 2.75) is 19.8 Å². The van der Waals surface area contributed by atoms with Crippen LogP contribution in [0.15, 0.2) is 23.2 Å². The molecule has 0 aliphatic carbocycles. The summed E-state index contributed by atoms with van der Waals surface area (Å²) in [6.45, 7) is 4.77. The lowest BCUT2D eigenvalue weighted by atomic mass is 10.1. The fraction of sp³-hybridized carbons (Fsp3) is 0.462. The molecule has 1 aromatic rings. The minimum absolute atomic E-state index is 0.408. The number of amidine groups is 1. The van der Waals surface area contributed by atoms with E-state index in [2.05, 4.69) is 4.99 Å². The third-order valence-electron chi connectivity index (χ3n) is 2.79. The Balaban J connectivity index is 2.49. The van der Waals surface area contributed by atoms with E-state index in [4.69, 9.17) is 19.9 Å². The van der Waals surface area contributed by atoms with Crippen molar-refractivity contribution >= 4 is 5.84 Å². The van der Waals surface area contributed by atoms with Gasteiger partial charge in [-0.05, 0) is 32.0 Å². The van der Waals surface area contributed by atoms with E-state index in [9.17, 15) is 0 Å². The first-order valence-electron chi connectivity index (χ1n) is 5.99. The summed E-state index contributed by atoms with van der Waals surface area (Å²) in [5.74, 6) is 0.0383. The number of rotatable bonds is 5. The van der Waals surface area contributed by atoms with E-state index in [-0.39, 0.29) is 0 Å². The van der Waals surface area contributed by atoms with Crippen LogP contribution in [-0.2, 0) is 15.4 Å². The van der Waals surface area contributed by atoms with Crippen molar-refractivity contribution in [3.05, 3.63) is 29.3 Å². The molecule has 0 fully saturated rings. The normalized spacial score (nSPS) is 16.3. The SMILES string of the molecule is CCOC1(OCC)N=C(N)c2cc(OC)ccc21. The van der Waals surface area contributed by atoms with Crippen LogP contribution in [-0.4, -0.2) is 26.2 Å². The van der Waals surface area contributed by atoms with Gasteiger partial charge in [-0.15, -0.1) is 0 Å². The van der Waals surface area contributed by atoms with Gasteiger partial charge < -0.3 is 19.9 Å². The van der Waals surface area contributed by atoms with E-state index in [1.165, 1.54) is 0 Å². The monoisotopic (exact) mass is 250 g/mol. The molecular formula is C13H18N2O3. The number of aliphatic imine (C=N–C) groups is 1. The molecule has 0 saturated heterocycles. The molecule has 1 aromatic carbocycles. The summed E-state index contributed by atoms with van der Waals surface area (Å²) < 4.78 is 16.5.